The standard InChI is InChI=1S/C17H20N2/c1-10-15-7-14(18)5-4-12(15)6-13-9-19-17(8-16(10)13)11-2-3-11/h6,8-9,11,14H,2-5,7,18H2,1H3. The van der Waals surface area contributed by atoms with Crippen LogP contribution < -0.4 is 5.73 Å². The van der Waals surface area contributed by atoms with Gasteiger partial charge in [0.1, 0.15) is 0 Å². The van der Waals surface area contributed by atoms with Gasteiger partial charge in [-0.1, -0.05) is 0 Å². The minimum Gasteiger partial charge on any atom is -0.327 e. The zero-order valence-corrected chi connectivity index (χ0v) is 11.4. The van der Waals surface area contributed by atoms with Crippen LogP contribution in [0.5, 0.6) is 0 Å². The lowest BCUT2D eigenvalue weighted by molar-refractivity contribution is 0.575. The molecular formula is C17H20N2. The number of nitrogens with zero attached hydrogens (tertiary/aromatic N) is 1. The van der Waals surface area contributed by atoms with Crippen LogP contribution in [0.15, 0.2) is 18.3 Å². The molecule has 19 heavy (non-hydrogen) atoms. The molecule has 1 saturated carbocycles. The molecule has 1 fully saturated rings. The molecule has 2 aliphatic carbocycles. The Hall–Kier alpha value is -1.41. The number of nitrogens with two attached hydrogens (primary N) is 1. The van der Waals surface area contributed by atoms with E-state index in [2.05, 4.69) is 30.2 Å². The van der Waals surface area contributed by atoms with Gasteiger partial charge in [-0.05, 0) is 73.2 Å². The first-order valence-corrected chi connectivity index (χ1v) is 7.39. The van der Waals surface area contributed by atoms with Gasteiger partial charge in [-0.3, -0.25) is 4.98 Å². The molecular weight excluding hydrogens is 232 g/mol. The van der Waals surface area contributed by atoms with E-state index < -0.39 is 0 Å². The van der Waals surface area contributed by atoms with Crippen molar-refractivity contribution in [3.63, 3.8) is 0 Å². The van der Waals surface area contributed by atoms with E-state index in [1.54, 1.807) is 0 Å². The molecule has 98 valence electrons. The highest BCUT2D eigenvalue weighted by Crippen LogP contribution is 2.40. The molecule has 1 aromatic heterocycles. The van der Waals surface area contributed by atoms with Gasteiger partial charge < -0.3 is 5.73 Å². The summed E-state index contributed by atoms with van der Waals surface area (Å²) in [5.41, 5.74) is 11.9. The highest BCUT2D eigenvalue weighted by atomic mass is 14.7. The van der Waals surface area contributed by atoms with E-state index in [1.165, 1.54) is 46.0 Å². The van der Waals surface area contributed by atoms with Gasteiger partial charge in [0.05, 0.1) is 0 Å². The quantitative estimate of drug-likeness (QED) is 0.846. The van der Waals surface area contributed by atoms with Gasteiger partial charge >= 0.3 is 0 Å². The summed E-state index contributed by atoms with van der Waals surface area (Å²) in [6.07, 6.45) is 7.98. The van der Waals surface area contributed by atoms with Gasteiger partial charge in [0.2, 0.25) is 0 Å². The van der Waals surface area contributed by atoms with Crippen LogP contribution in [0.1, 0.15) is 47.6 Å². The van der Waals surface area contributed by atoms with Crippen LogP contribution >= 0.6 is 0 Å². The number of aromatic nitrogens is 1. The van der Waals surface area contributed by atoms with E-state index in [4.69, 9.17) is 5.73 Å². The van der Waals surface area contributed by atoms with Crippen molar-refractivity contribution < 1.29 is 0 Å². The largest absolute Gasteiger partial charge is 0.327 e. The Kier molecular flexibility index (Phi) is 2.43. The molecule has 0 spiro atoms. The molecule has 0 amide bonds. The Morgan fingerprint density at radius 3 is 2.84 bits per heavy atom. The summed E-state index contributed by atoms with van der Waals surface area (Å²) < 4.78 is 0. The average Bonchev–Trinajstić information content (AvgIpc) is 3.24. The van der Waals surface area contributed by atoms with Crippen molar-refractivity contribution in [1.29, 1.82) is 0 Å². The highest BCUT2D eigenvalue weighted by molar-refractivity contribution is 5.87. The number of hydrogen-bond acceptors (Lipinski definition) is 2. The van der Waals surface area contributed by atoms with Crippen molar-refractivity contribution in [2.75, 3.05) is 0 Å². The maximum atomic E-state index is 6.14. The van der Waals surface area contributed by atoms with Crippen molar-refractivity contribution in [3.05, 3.63) is 40.7 Å². The Morgan fingerprint density at radius 1 is 1.21 bits per heavy atom. The van der Waals surface area contributed by atoms with Gasteiger partial charge in [-0.25, -0.2) is 0 Å². The van der Waals surface area contributed by atoms with E-state index in [0.29, 0.717) is 6.04 Å². The minimum absolute atomic E-state index is 0.341. The molecule has 2 aromatic rings. The number of rotatable bonds is 1. The number of pyridine rings is 1. The topological polar surface area (TPSA) is 38.9 Å². The molecule has 2 aliphatic rings. The van der Waals surface area contributed by atoms with Crippen LogP contribution in [0.2, 0.25) is 0 Å². The zero-order valence-electron chi connectivity index (χ0n) is 11.4. The van der Waals surface area contributed by atoms with E-state index in [1.807, 2.05) is 0 Å². The predicted octanol–water partition coefficient (Wildman–Crippen LogP) is 3.24. The predicted molar refractivity (Wildman–Crippen MR) is 78.5 cm³/mol. The van der Waals surface area contributed by atoms with E-state index >= 15 is 0 Å². The van der Waals surface area contributed by atoms with E-state index in [-0.39, 0.29) is 0 Å². The lowest BCUT2D eigenvalue weighted by atomic mass is 9.84. The Labute approximate surface area is 114 Å². The molecule has 1 atom stereocenters. The van der Waals surface area contributed by atoms with Crippen LogP contribution in [0.4, 0.5) is 0 Å². The Morgan fingerprint density at radius 2 is 2.05 bits per heavy atom. The van der Waals surface area contributed by atoms with Crippen LogP contribution in [0.3, 0.4) is 0 Å². The van der Waals surface area contributed by atoms with Gasteiger partial charge in [-0.2, -0.15) is 0 Å². The van der Waals surface area contributed by atoms with Crippen molar-refractivity contribution in [3.8, 4) is 0 Å². The third-order valence-electron chi connectivity index (χ3n) is 4.78. The monoisotopic (exact) mass is 252 g/mol. The molecule has 0 bridgehead atoms. The second kappa shape index (κ2) is 4.04. The number of benzene rings is 1. The second-order valence-corrected chi connectivity index (χ2v) is 6.25. The maximum Gasteiger partial charge on any atom is 0.0441 e. The molecule has 1 heterocycles. The number of fused-ring (bicyclic) bond motifs is 2. The van der Waals surface area contributed by atoms with Crippen molar-refractivity contribution in [2.24, 2.45) is 5.73 Å². The van der Waals surface area contributed by atoms with Gasteiger partial charge in [0.15, 0.2) is 0 Å². The third-order valence-corrected chi connectivity index (χ3v) is 4.78. The molecule has 2 N–H and O–H groups in total. The number of hydrogen-bond donors (Lipinski definition) is 1. The van der Waals surface area contributed by atoms with Gasteiger partial charge in [0.25, 0.3) is 0 Å². The highest BCUT2D eigenvalue weighted by Gasteiger charge is 2.26. The minimum atomic E-state index is 0.341. The van der Waals surface area contributed by atoms with Crippen LogP contribution in [-0.4, -0.2) is 11.0 Å². The summed E-state index contributed by atoms with van der Waals surface area (Å²) >= 11 is 0. The average molecular weight is 252 g/mol. The Bertz CT molecular complexity index is 656. The van der Waals surface area contributed by atoms with Crippen molar-refractivity contribution in [2.45, 2.75) is 51.0 Å². The van der Waals surface area contributed by atoms with Crippen molar-refractivity contribution >= 4 is 10.8 Å². The Balaban J connectivity index is 1.92. The van der Waals surface area contributed by atoms with Crippen LogP contribution in [-0.2, 0) is 12.8 Å². The molecule has 0 aliphatic heterocycles. The van der Waals surface area contributed by atoms with Gasteiger partial charge in [-0.15, -0.1) is 0 Å². The van der Waals surface area contributed by atoms with Gasteiger partial charge in [0, 0.05) is 29.2 Å². The molecule has 0 saturated heterocycles. The summed E-state index contributed by atoms with van der Waals surface area (Å²) in [4.78, 5) is 4.65. The smallest absolute Gasteiger partial charge is 0.0441 e. The summed E-state index contributed by atoms with van der Waals surface area (Å²) in [5.74, 6) is 0.724. The maximum absolute atomic E-state index is 6.14. The first-order chi connectivity index (χ1) is 9.22. The molecule has 2 heteroatoms. The van der Waals surface area contributed by atoms with Crippen LogP contribution in [0.25, 0.3) is 10.8 Å². The van der Waals surface area contributed by atoms with E-state index in [0.717, 1.165) is 25.2 Å². The molecule has 0 radical (unpaired) electrons. The third kappa shape index (κ3) is 1.86. The molecule has 1 unspecified atom stereocenters. The number of aryl methyl sites for hydroxylation is 2. The summed E-state index contributed by atoms with van der Waals surface area (Å²) in [6.45, 7) is 2.26. The lowest BCUT2D eigenvalue weighted by Crippen LogP contribution is -2.28. The fourth-order valence-electron chi connectivity index (χ4n) is 3.41. The summed E-state index contributed by atoms with van der Waals surface area (Å²) in [6, 6.07) is 5.00. The first kappa shape index (κ1) is 11.4. The molecule has 1 aromatic carbocycles. The zero-order chi connectivity index (χ0) is 13.0. The van der Waals surface area contributed by atoms with Crippen molar-refractivity contribution in [1.82, 2.24) is 4.98 Å². The molecule has 4 rings (SSSR count). The van der Waals surface area contributed by atoms with E-state index in [9.17, 15) is 0 Å². The lowest BCUT2D eigenvalue weighted by Gasteiger charge is -2.24. The fourth-order valence-corrected chi connectivity index (χ4v) is 3.41. The second-order valence-electron chi connectivity index (χ2n) is 6.25. The summed E-state index contributed by atoms with van der Waals surface area (Å²) in [7, 11) is 0. The molecule has 2 nitrogen and oxygen atoms in total. The van der Waals surface area contributed by atoms with Crippen LogP contribution in [0, 0.1) is 6.92 Å². The SMILES string of the molecule is Cc1c2c(cc3cnc(C4CC4)cc13)CCC(N)C2. The fraction of sp³-hybridized carbons (Fsp3) is 0.471. The summed E-state index contributed by atoms with van der Waals surface area (Å²) in [5, 5.41) is 2.70. The normalized spacial score (nSPS) is 22.5. The first-order valence-electron chi connectivity index (χ1n) is 7.39.